The first-order chi connectivity index (χ1) is 7.17. The molecule has 0 spiro atoms. The van der Waals surface area contributed by atoms with Gasteiger partial charge >= 0.3 is 0 Å². The number of rotatable bonds is 5. The molecule has 0 aromatic heterocycles. The molecule has 0 saturated carbocycles. The summed E-state index contributed by atoms with van der Waals surface area (Å²) in [5.74, 6) is 0.363. The minimum Gasteiger partial charge on any atom is -0.309 e. The van der Waals surface area contributed by atoms with Gasteiger partial charge < -0.3 is 5.32 Å². The summed E-state index contributed by atoms with van der Waals surface area (Å²) in [5, 5.41) is 3.21. The molecule has 1 rings (SSSR count). The van der Waals surface area contributed by atoms with E-state index in [0.717, 1.165) is 10.9 Å². The second-order valence-electron chi connectivity index (χ2n) is 3.38. The fraction of sp³-hybridized carbons (Fsp3) is 0.455. The maximum absolute atomic E-state index is 13.3. The van der Waals surface area contributed by atoms with Gasteiger partial charge in [0.2, 0.25) is 0 Å². The first kappa shape index (κ1) is 12.9. The summed E-state index contributed by atoms with van der Waals surface area (Å²) in [6.07, 6.45) is 0.944. The van der Waals surface area contributed by atoms with E-state index in [1.54, 1.807) is 12.1 Å². The maximum atomic E-state index is 13.3. The minimum absolute atomic E-state index is 0.185. The second-order valence-corrected chi connectivity index (χ2v) is 4.60. The highest BCUT2D eigenvalue weighted by molar-refractivity contribution is 9.10. The molecule has 1 nitrogen and oxygen atoms in total. The summed E-state index contributed by atoms with van der Waals surface area (Å²) in [6.45, 7) is 2.56. The zero-order valence-electron chi connectivity index (χ0n) is 8.56. The average molecular weight is 295 g/mol. The van der Waals surface area contributed by atoms with Crippen LogP contribution in [0, 0.1) is 5.82 Å². The predicted octanol–water partition coefficient (Wildman–Crippen LogP) is 3.70. The highest BCUT2D eigenvalue weighted by Gasteiger charge is 2.06. The van der Waals surface area contributed by atoms with Crippen molar-refractivity contribution in [2.75, 3.05) is 5.88 Å². The Morgan fingerprint density at radius 2 is 2.27 bits per heavy atom. The van der Waals surface area contributed by atoms with E-state index in [4.69, 9.17) is 11.6 Å². The van der Waals surface area contributed by atoms with E-state index in [9.17, 15) is 4.39 Å². The Bertz CT molecular complexity index is 315. The van der Waals surface area contributed by atoms with E-state index in [-0.39, 0.29) is 11.9 Å². The van der Waals surface area contributed by atoms with Crippen molar-refractivity contribution in [1.82, 2.24) is 5.32 Å². The fourth-order valence-corrected chi connectivity index (χ4v) is 1.98. The molecule has 1 N–H and O–H groups in total. The Hall–Kier alpha value is -0.120. The van der Waals surface area contributed by atoms with Crippen molar-refractivity contribution in [3.63, 3.8) is 0 Å². The molecule has 0 aliphatic rings. The molecule has 1 unspecified atom stereocenters. The van der Waals surface area contributed by atoms with Crippen molar-refractivity contribution in [1.29, 1.82) is 0 Å². The maximum Gasteiger partial charge on any atom is 0.127 e. The Balaban J connectivity index is 2.60. The zero-order chi connectivity index (χ0) is 11.3. The average Bonchev–Trinajstić information content (AvgIpc) is 2.24. The number of benzene rings is 1. The monoisotopic (exact) mass is 293 g/mol. The SMILES string of the molecule is CCC(CCl)NCc1cc(Br)ccc1F. The Labute approximate surface area is 103 Å². The van der Waals surface area contributed by atoms with Crippen LogP contribution < -0.4 is 5.32 Å². The van der Waals surface area contributed by atoms with Gasteiger partial charge in [-0.1, -0.05) is 22.9 Å². The number of halogens is 3. The Morgan fingerprint density at radius 1 is 1.53 bits per heavy atom. The highest BCUT2D eigenvalue weighted by atomic mass is 79.9. The van der Waals surface area contributed by atoms with Crippen LogP contribution in [0.25, 0.3) is 0 Å². The molecular formula is C11H14BrClFN. The molecule has 1 aromatic rings. The number of hydrogen-bond donors (Lipinski definition) is 1. The summed E-state index contributed by atoms with van der Waals surface area (Å²) < 4.78 is 14.2. The minimum atomic E-state index is -0.185. The zero-order valence-corrected chi connectivity index (χ0v) is 10.9. The molecule has 0 heterocycles. The largest absolute Gasteiger partial charge is 0.309 e. The molecule has 0 amide bonds. The van der Waals surface area contributed by atoms with Crippen LogP contribution in [0.3, 0.4) is 0 Å². The van der Waals surface area contributed by atoms with Crippen molar-refractivity contribution in [2.24, 2.45) is 0 Å². The highest BCUT2D eigenvalue weighted by Crippen LogP contribution is 2.15. The van der Waals surface area contributed by atoms with Gasteiger partial charge in [-0.15, -0.1) is 11.6 Å². The molecular weight excluding hydrogens is 280 g/mol. The number of nitrogens with one attached hydrogen (secondary N) is 1. The molecule has 0 radical (unpaired) electrons. The fourth-order valence-electron chi connectivity index (χ4n) is 1.24. The first-order valence-corrected chi connectivity index (χ1v) is 6.23. The number of alkyl halides is 1. The van der Waals surface area contributed by atoms with E-state index >= 15 is 0 Å². The quantitative estimate of drug-likeness (QED) is 0.817. The standard InChI is InChI=1S/C11H14BrClFN/c1-2-10(6-13)15-7-8-5-9(12)3-4-11(8)14/h3-5,10,15H,2,6-7H2,1H3. The van der Waals surface area contributed by atoms with E-state index in [1.165, 1.54) is 6.07 Å². The molecule has 1 aromatic carbocycles. The van der Waals surface area contributed by atoms with Crippen LogP contribution in [0.1, 0.15) is 18.9 Å². The third-order valence-electron chi connectivity index (χ3n) is 2.27. The van der Waals surface area contributed by atoms with Crippen LogP contribution in [0.4, 0.5) is 4.39 Å². The topological polar surface area (TPSA) is 12.0 Å². The van der Waals surface area contributed by atoms with Gasteiger partial charge in [0, 0.05) is 28.5 Å². The third kappa shape index (κ3) is 4.09. The molecule has 0 saturated heterocycles. The van der Waals surface area contributed by atoms with Gasteiger partial charge in [0.05, 0.1) is 0 Å². The third-order valence-corrected chi connectivity index (χ3v) is 3.13. The summed E-state index contributed by atoms with van der Waals surface area (Å²) in [4.78, 5) is 0. The van der Waals surface area contributed by atoms with Gasteiger partial charge in [0.1, 0.15) is 5.82 Å². The number of hydrogen-bond acceptors (Lipinski definition) is 1. The van der Waals surface area contributed by atoms with Crippen LogP contribution in [-0.2, 0) is 6.54 Å². The molecule has 4 heteroatoms. The summed E-state index contributed by atoms with van der Waals surface area (Å²) in [5.41, 5.74) is 0.660. The Morgan fingerprint density at radius 3 is 2.87 bits per heavy atom. The van der Waals surface area contributed by atoms with Gasteiger partial charge in [-0.05, 0) is 24.6 Å². The summed E-state index contributed by atoms with van der Waals surface area (Å²) in [6, 6.07) is 5.18. The van der Waals surface area contributed by atoms with Crippen molar-refractivity contribution in [3.05, 3.63) is 34.1 Å². The molecule has 1 atom stereocenters. The Kier molecular flexibility index (Phi) is 5.58. The molecule has 84 valence electrons. The van der Waals surface area contributed by atoms with Gasteiger partial charge in [-0.3, -0.25) is 0 Å². The van der Waals surface area contributed by atoms with E-state index in [1.807, 2.05) is 0 Å². The van der Waals surface area contributed by atoms with Crippen LogP contribution in [0.5, 0.6) is 0 Å². The first-order valence-electron chi connectivity index (χ1n) is 4.90. The summed E-state index contributed by atoms with van der Waals surface area (Å²) >= 11 is 9.06. The molecule has 0 aliphatic carbocycles. The second kappa shape index (κ2) is 6.46. The van der Waals surface area contributed by atoms with Crippen molar-refractivity contribution >= 4 is 27.5 Å². The van der Waals surface area contributed by atoms with E-state index in [0.29, 0.717) is 18.0 Å². The molecule has 0 bridgehead atoms. The molecule has 0 aliphatic heterocycles. The lowest BCUT2D eigenvalue weighted by Gasteiger charge is -2.14. The summed E-state index contributed by atoms with van der Waals surface area (Å²) in [7, 11) is 0. The van der Waals surface area contributed by atoms with E-state index < -0.39 is 0 Å². The van der Waals surface area contributed by atoms with Crippen molar-refractivity contribution < 1.29 is 4.39 Å². The van der Waals surface area contributed by atoms with Crippen molar-refractivity contribution in [3.8, 4) is 0 Å². The lowest BCUT2D eigenvalue weighted by molar-refractivity contribution is 0.520. The lowest BCUT2D eigenvalue weighted by Crippen LogP contribution is -2.29. The van der Waals surface area contributed by atoms with Crippen LogP contribution in [0.15, 0.2) is 22.7 Å². The lowest BCUT2D eigenvalue weighted by atomic mass is 10.2. The van der Waals surface area contributed by atoms with Gasteiger partial charge in [-0.2, -0.15) is 0 Å². The van der Waals surface area contributed by atoms with Crippen LogP contribution in [0.2, 0.25) is 0 Å². The van der Waals surface area contributed by atoms with E-state index in [2.05, 4.69) is 28.2 Å². The van der Waals surface area contributed by atoms with Crippen LogP contribution >= 0.6 is 27.5 Å². The predicted molar refractivity (Wildman–Crippen MR) is 65.7 cm³/mol. The smallest absolute Gasteiger partial charge is 0.127 e. The van der Waals surface area contributed by atoms with Gasteiger partial charge in [0.15, 0.2) is 0 Å². The van der Waals surface area contributed by atoms with Crippen molar-refractivity contribution in [2.45, 2.75) is 25.9 Å². The molecule has 0 fully saturated rings. The normalized spacial score (nSPS) is 12.8. The van der Waals surface area contributed by atoms with Gasteiger partial charge in [-0.25, -0.2) is 4.39 Å². The molecule has 15 heavy (non-hydrogen) atoms. The van der Waals surface area contributed by atoms with Gasteiger partial charge in [0.25, 0.3) is 0 Å². The van der Waals surface area contributed by atoms with Crippen LogP contribution in [-0.4, -0.2) is 11.9 Å².